The van der Waals surface area contributed by atoms with Crippen molar-refractivity contribution in [2.24, 2.45) is 0 Å². The molecule has 0 aliphatic rings. The molecule has 3 aromatic rings. The maximum atomic E-state index is 6.27. The number of likely N-dealkylation sites (N-methyl/N-ethyl adjacent to an activating group) is 2. The largest absolute Gasteiger partial charge is 0.492 e. The van der Waals surface area contributed by atoms with Gasteiger partial charge < -0.3 is 19.3 Å². The van der Waals surface area contributed by atoms with Gasteiger partial charge in [-0.2, -0.15) is 0 Å². The average molecular weight is 519 g/mol. The lowest BCUT2D eigenvalue weighted by atomic mass is 9.95. The third kappa shape index (κ3) is 7.74. The van der Waals surface area contributed by atoms with Gasteiger partial charge >= 0.3 is 0 Å². The van der Waals surface area contributed by atoms with Crippen molar-refractivity contribution in [3.05, 3.63) is 46.8 Å². The zero-order chi connectivity index (χ0) is 27.3. The van der Waals surface area contributed by atoms with Crippen LogP contribution in [0.5, 0.6) is 11.5 Å². The molecular weight excluding hydrogens is 468 g/mol. The summed E-state index contributed by atoms with van der Waals surface area (Å²) in [7, 11) is 0. The Kier molecular flexibility index (Phi) is 12.4. The van der Waals surface area contributed by atoms with Gasteiger partial charge in [0.1, 0.15) is 24.7 Å². The Balaban J connectivity index is 2.11. The van der Waals surface area contributed by atoms with Gasteiger partial charge in [-0.05, 0) is 95.3 Å². The second-order valence-electron chi connectivity index (χ2n) is 9.98. The summed E-state index contributed by atoms with van der Waals surface area (Å²) >= 11 is 0. The molecule has 0 aromatic heterocycles. The third-order valence-corrected chi connectivity index (χ3v) is 7.56. The summed E-state index contributed by atoms with van der Waals surface area (Å²) < 4.78 is 12.5. The fraction of sp³-hybridized carbons (Fsp3) is 0.529. The maximum Gasteiger partial charge on any atom is 0.120 e. The van der Waals surface area contributed by atoms with Crippen LogP contribution in [0.2, 0.25) is 0 Å². The number of ether oxygens (including phenoxy) is 2. The molecule has 0 radical (unpaired) electrons. The highest BCUT2D eigenvalue weighted by atomic mass is 16.5. The van der Waals surface area contributed by atoms with Crippen LogP contribution in [0.3, 0.4) is 0 Å². The van der Waals surface area contributed by atoms with Gasteiger partial charge in [0.2, 0.25) is 0 Å². The van der Waals surface area contributed by atoms with Gasteiger partial charge in [0.05, 0.1) is 0 Å². The molecule has 0 unspecified atom stereocenters. The molecule has 4 nitrogen and oxygen atoms in total. The van der Waals surface area contributed by atoms with Gasteiger partial charge in [-0.1, -0.05) is 78.7 Å². The number of hydrogen-bond acceptors (Lipinski definition) is 4. The van der Waals surface area contributed by atoms with E-state index < -0.39 is 0 Å². The minimum Gasteiger partial charge on any atom is -0.492 e. The lowest BCUT2D eigenvalue weighted by Gasteiger charge is -2.19. The van der Waals surface area contributed by atoms with E-state index in [9.17, 15) is 0 Å². The fourth-order valence-corrected chi connectivity index (χ4v) is 5.11. The van der Waals surface area contributed by atoms with Gasteiger partial charge in [0.25, 0.3) is 0 Å². The van der Waals surface area contributed by atoms with Crippen LogP contribution in [0.25, 0.3) is 33.7 Å². The van der Waals surface area contributed by atoms with Crippen LogP contribution in [0.1, 0.15) is 67.2 Å². The topological polar surface area (TPSA) is 24.9 Å². The van der Waals surface area contributed by atoms with E-state index in [4.69, 9.17) is 9.47 Å². The van der Waals surface area contributed by atoms with Gasteiger partial charge in [-0.25, -0.2) is 0 Å². The molecule has 208 valence electrons. The van der Waals surface area contributed by atoms with E-state index in [1.54, 1.807) is 0 Å². The highest BCUT2D eigenvalue weighted by molar-refractivity contribution is 6.01. The van der Waals surface area contributed by atoms with Crippen molar-refractivity contribution in [1.82, 2.24) is 9.80 Å². The van der Waals surface area contributed by atoms with Crippen molar-refractivity contribution in [3.63, 3.8) is 0 Å². The zero-order valence-electron chi connectivity index (χ0n) is 24.8. The Morgan fingerprint density at radius 3 is 1.32 bits per heavy atom. The third-order valence-electron chi connectivity index (χ3n) is 7.56. The van der Waals surface area contributed by atoms with Crippen molar-refractivity contribution < 1.29 is 9.47 Å². The van der Waals surface area contributed by atoms with Crippen molar-refractivity contribution in [2.45, 2.75) is 67.2 Å². The number of unbranched alkanes of at least 4 members (excludes halogenated alkanes) is 2. The number of rotatable bonds is 16. The zero-order valence-corrected chi connectivity index (χ0v) is 24.8. The summed E-state index contributed by atoms with van der Waals surface area (Å²) in [4.78, 5) is 4.79. The minimum absolute atomic E-state index is 0.702. The average Bonchev–Trinajstić information content (AvgIpc) is 2.95. The lowest BCUT2D eigenvalue weighted by molar-refractivity contribution is 0.223. The van der Waals surface area contributed by atoms with Crippen LogP contribution in [-0.2, 0) is 0 Å². The van der Waals surface area contributed by atoms with Crippen molar-refractivity contribution in [3.8, 4) is 11.5 Å². The van der Waals surface area contributed by atoms with E-state index in [0.717, 1.165) is 76.5 Å². The molecule has 0 atom stereocenters. The molecule has 0 bridgehead atoms. The molecular formula is C34H50N2O2. The second kappa shape index (κ2) is 15.8. The SMILES string of the molecule is CCCC=c1c2ccc(OCCN(CC)CC)cc2c(=CCCC)c2cc(OCCN(CC)CC)ccc12. The first-order valence-electron chi connectivity index (χ1n) is 15.0. The molecule has 0 N–H and O–H groups in total. The summed E-state index contributed by atoms with van der Waals surface area (Å²) in [6.45, 7) is 20.8. The molecule has 0 aliphatic carbocycles. The van der Waals surface area contributed by atoms with Gasteiger partial charge in [0.15, 0.2) is 0 Å². The van der Waals surface area contributed by atoms with Crippen molar-refractivity contribution >= 4 is 33.7 Å². The minimum atomic E-state index is 0.702. The highest BCUT2D eigenvalue weighted by Gasteiger charge is 2.10. The maximum absolute atomic E-state index is 6.27. The first kappa shape index (κ1) is 30.0. The number of hydrogen-bond donors (Lipinski definition) is 0. The predicted octanol–water partition coefficient (Wildman–Crippen LogP) is 6.60. The van der Waals surface area contributed by atoms with E-state index in [1.807, 2.05) is 0 Å². The summed E-state index contributed by atoms with van der Waals surface area (Å²) in [5.41, 5.74) is 0. The first-order chi connectivity index (χ1) is 18.6. The van der Waals surface area contributed by atoms with Crippen LogP contribution in [0.4, 0.5) is 0 Å². The standard InChI is InChI=1S/C34H50N2O2/c1-7-13-15-29-31-19-17-27(37-23-21-35(9-3)10-4)25-33(31)30(16-14-8-2)34-26-28(18-20-32(29)34)38-24-22-36(11-5)12-6/h15-20,25-26H,7-14,21-24H2,1-6H3. The summed E-state index contributed by atoms with van der Waals surface area (Å²) in [5, 5.41) is 7.78. The van der Waals surface area contributed by atoms with Crippen molar-refractivity contribution in [2.75, 3.05) is 52.5 Å². The summed E-state index contributed by atoms with van der Waals surface area (Å²) in [5.74, 6) is 1.89. The van der Waals surface area contributed by atoms with Crippen molar-refractivity contribution in [1.29, 1.82) is 0 Å². The number of nitrogens with zero attached hydrogens (tertiary/aromatic N) is 2. The van der Waals surface area contributed by atoms with Gasteiger partial charge in [-0.3, -0.25) is 0 Å². The second-order valence-corrected chi connectivity index (χ2v) is 9.98. The lowest BCUT2D eigenvalue weighted by Crippen LogP contribution is -2.28. The molecule has 0 fully saturated rings. The van der Waals surface area contributed by atoms with Crippen LogP contribution < -0.4 is 19.9 Å². The Bertz CT molecular complexity index is 1170. The van der Waals surface area contributed by atoms with Crippen LogP contribution >= 0.6 is 0 Å². The van der Waals surface area contributed by atoms with Crippen LogP contribution in [-0.4, -0.2) is 62.3 Å². The van der Waals surface area contributed by atoms with Crippen LogP contribution in [0, 0.1) is 0 Å². The molecule has 0 aliphatic heterocycles. The molecule has 0 amide bonds. The summed E-state index contributed by atoms with van der Waals surface area (Å²) in [6.07, 6.45) is 9.18. The Morgan fingerprint density at radius 1 is 0.553 bits per heavy atom. The molecule has 38 heavy (non-hydrogen) atoms. The van der Waals surface area contributed by atoms with Gasteiger partial charge in [0, 0.05) is 13.1 Å². The normalized spacial score (nSPS) is 11.6. The molecule has 0 saturated carbocycles. The number of fused-ring (bicyclic) bond motifs is 2. The number of benzene rings is 3. The molecule has 0 heterocycles. The molecule has 0 spiro atoms. The van der Waals surface area contributed by atoms with E-state index in [0.29, 0.717) is 13.2 Å². The van der Waals surface area contributed by atoms with E-state index in [2.05, 4.69) is 99.9 Å². The Labute approximate surface area is 230 Å². The Morgan fingerprint density at radius 2 is 0.947 bits per heavy atom. The van der Waals surface area contributed by atoms with E-state index in [-0.39, 0.29) is 0 Å². The van der Waals surface area contributed by atoms with Crippen LogP contribution in [0.15, 0.2) is 36.4 Å². The Hall–Kier alpha value is -2.56. The summed E-state index contributed by atoms with van der Waals surface area (Å²) in [6, 6.07) is 13.3. The highest BCUT2D eigenvalue weighted by Crippen LogP contribution is 2.23. The molecule has 0 saturated heterocycles. The fourth-order valence-electron chi connectivity index (χ4n) is 5.11. The molecule has 4 heteroatoms. The first-order valence-corrected chi connectivity index (χ1v) is 15.0. The molecule has 3 aromatic carbocycles. The smallest absolute Gasteiger partial charge is 0.120 e. The van der Waals surface area contributed by atoms with Gasteiger partial charge in [-0.15, -0.1) is 0 Å². The predicted molar refractivity (Wildman–Crippen MR) is 166 cm³/mol. The van der Waals surface area contributed by atoms with E-state index in [1.165, 1.54) is 32.0 Å². The molecule has 3 rings (SSSR count). The monoisotopic (exact) mass is 518 g/mol. The quantitative estimate of drug-likeness (QED) is 0.200. The van der Waals surface area contributed by atoms with E-state index >= 15 is 0 Å².